The molecule has 3 heterocycles. The predicted octanol–water partition coefficient (Wildman–Crippen LogP) is 1.20. The molecule has 4 rings (SSSR count). The summed E-state index contributed by atoms with van der Waals surface area (Å²) in [4.78, 5) is 31.0. The van der Waals surface area contributed by atoms with E-state index in [1.807, 2.05) is 47.0 Å². The second-order valence-corrected chi connectivity index (χ2v) is 8.63. The normalized spacial score (nSPS) is 25.9. The van der Waals surface area contributed by atoms with Crippen LogP contribution in [-0.4, -0.2) is 89.7 Å². The van der Waals surface area contributed by atoms with E-state index in [1.165, 1.54) is 0 Å². The lowest BCUT2D eigenvalue weighted by atomic mass is 10.1. The van der Waals surface area contributed by atoms with Crippen LogP contribution >= 0.6 is 11.8 Å². The Labute approximate surface area is 170 Å². The Balaban J connectivity index is 1.20. The molecule has 0 aromatic heterocycles. The van der Waals surface area contributed by atoms with Gasteiger partial charge in [-0.15, -0.1) is 11.8 Å². The number of rotatable bonds is 4. The molecule has 0 radical (unpaired) electrons. The Hall–Kier alpha value is -1.77. The molecule has 1 aromatic carbocycles. The quantitative estimate of drug-likeness (QED) is 0.814. The molecule has 3 aliphatic heterocycles. The highest BCUT2D eigenvalue weighted by Crippen LogP contribution is 2.21. The zero-order chi connectivity index (χ0) is 19.3. The second-order valence-electron chi connectivity index (χ2n) is 7.55. The van der Waals surface area contributed by atoms with Gasteiger partial charge in [-0.05, 0) is 12.0 Å². The summed E-state index contributed by atoms with van der Waals surface area (Å²) in [5.41, 5.74) is 0.999. The second kappa shape index (κ2) is 9.15. The lowest BCUT2D eigenvalue weighted by Gasteiger charge is -2.37. The average molecular weight is 405 g/mol. The first-order chi connectivity index (χ1) is 13.7. The average Bonchev–Trinajstić information content (AvgIpc) is 3.45. The molecule has 0 spiro atoms. The van der Waals surface area contributed by atoms with Crippen LogP contribution in [0.1, 0.15) is 12.0 Å². The topological polar surface area (TPSA) is 65.1 Å². The van der Waals surface area contributed by atoms with Crippen LogP contribution in [0.5, 0.6) is 0 Å². The van der Waals surface area contributed by atoms with E-state index in [1.54, 1.807) is 4.90 Å². The highest BCUT2D eigenvalue weighted by atomic mass is 32.2. The van der Waals surface area contributed by atoms with Crippen molar-refractivity contribution in [2.45, 2.75) is 25.1 Å². The molecule has 8 heteroatoms. The third-order valence-corrected chi connectivity index (χ3v) is 6.73. The number of carbonyl (C=O) groups is 2. The van der Waals surface area contributed by atoms with Gasteiger partial charge in [0.2, 0.25) is 5.91 Å². The first-order valence-corrected chi connectivity index (χ1v) is 11.2. The van der Waals surface area contributed by atoms with Crippen molar-refractivity contribution in [1.29, 1.82) is 0 Å². The molecule has 7 nitrogen and oxygen atoms in total. The van der Waals surface area contributed by atoms with Gasteiger partial charge in [0.15, 0.2) is 0 Å². The fourth-order valence-corrected chi connectivity index (χ4v) is 5.03. The number of hydrogen-bond donors (Lipinski definition) is 1. The van der Waals surface area contributed by atoms with Gasteiger partial charge in [-0.3, -0.25) is 9.69 Å². The van der Waals surface area contributed by atoms with Gasteiger partial charge >= 0.3 is 6.09 Å². The minimum absolute atomic E-state index is 0.0578. The van der Waals surface area contributed by atoms with Gasteiger partial charge in [0.25, 0.3) is 0 Å². The van der Waals surface area contributed by atoms with Gasteiger partial charge in [0.05, 0.1) is 11.9 Å². The predicted molar refractivity (Wildman–Crippen MR) is 109 cm³/mol. The Morgan fingerprint density at radius 3 is 2.57 bits per heavy atom. The number of thioether (sulfide) groups is 1. The lowest BCUT2D eigenvalue weighted by Crippen LogP contribution is -2.52. The van der Waals surface area contributed by atoms with Gasteiger partial charge in [-0.2, -0.15) is 0 Å². The number of benzene rings is 1. The maximum absolute atomic E-state index is 12.6. The smallest absolute Gasteiger partial charge is 0.410 e. The van der Waals surface area contributed by atoms with Gasteiger partial charge in [-0.1, -0.05) is 30.3 Å². The Morgan fingerprint density at radius 2 is 1.86 bits per heavy atom. The van der Waals surface area contributed by atoms with Crippen LogP contribution in [0.2, 0.25) is 0 Å². The van der Waals surface area contributed by atoms with Gasteiger partial charge in [0, 0.05) is 51.1 Å². The van der Waals surface area contributed by atoms with Crippen LogP contribution in [0.15, 0.2) is 30.3 Å². The number of nitrogens with zero attached hydrogens (tertiary/aromatic N) is 3. The van der Waals surface area contributed by atoms with Crippen molar-refractivity contribution >= 4 is 23.8 Å². The Bertz CT molecular complexity index is 675. The van der Waals surface area contributed by atoms with E-state index in [9.17, 15) is 9.59 Å². The molecule has 152 valence electrons. The van der Waals surface area contributed by atoms with Crippen molar-refractivity contribution in [3.8, 4) is 0 Å². The van der Waals surface area contributed by atoms with Crippen molar-refractivity contribution in [3.63, 3.8) is 0 Å². The molecule has 0 bridgehead atoms. The summed E-state index contributed by atoms with van der Waals surface area (Å²) >= 11 is 1.82. The van der Waals surface area contributed by atoms with Crippen LogP contribution in [-0.2, 0) is 16.1 Å². The minimum Gasteiger partial charge on any atom is -0.445 e. The first-order valence-electron chi connectivity index (χ1n) is 10.0. The van der Waals surface area contributed by atoms with Gasteiger partial charge in [0.1, 0.15) is 6.61 Å². The molecule has 2 amide bonds. The van der Waals surface area contributed by atoms with Crippen molar-refractivity contribution in [2.75, 3.05) is 50.9 Å². The summed E-state index contributed by atoms with van der Waals surface area (Å²) < 4.78 is 5.44. The maximum Gasteiger partial charge on any atom is 0.410 e. The molecule has 1 N–H and O–H groups in total. The van der Waals surface area contributed by atoms with E-state index in [-0.39, 0.29) is 18.0 Å². The van der Waals surface area contributed by atoms with Crippen LogP contribution < -0.4 is 5.32 Å². The molecule has 1 aromatic rings. The molecule has 3 aliphatic rings. The number of piperazine rings is 1. The number of carbonyl (C=O) groups excluding carboxylic acids is 2. The highest BCUT2D eigenvalue weighted by molar-refractivity contribution is 7.99. The number of nitrogens with one attached hydrogen (secondary N) is 1. The van der Waals surface area contributed by atoms with Crippen LogP contribution in [0.4, 0.5) is 4.79 Å². The largest absolute Gasteiger partial charge is 0.445 e. The monoisotopic (exact) mass is 404 g/mol. The lowest BCUT2D eigenvalue weighted by molar-refractivity contribution is -0.131. The zero-order valence-corrected chi connectivity index (χ0v) is 16.9. The third kappa shape index (κ3) is 4.61. The van der Waals surface area contributed by atoms with Crippen molar-refractivity contribution < 1.29 is 14.3 Å². The maximum atomic E-state index is 12.6. The summed E-state index contributed by atoms with van der Waals surface area (Å²) in [7, 11) is 0. The van der Waals surface area contributed by atoms with Gasteiger partial charge < -0.3 is 19.9 Å². The Morgan fingerprint density at radius 1 is 1.07 bits per heavy atom. The number of amides is 2. The van der Waals surface area contributed by atoms with E-state index in [4.69, 9.17) is 4.74 Å². The fourth-order valence-electron chi connectivity index (χ4n) is 4.07. The zero-order valence-electron chi connectivity index (χ0n) is 16.1. The molecule has 0 saturated carbocycles. The van der Waals surface area contributed by atoms with Crippen LogP contribution in [0.25, 0.3) is 0 Å². The summed E-state index contributed by atoms with van der Waals surface area (Å²) in [6.07, 6.45) is 0.617. The summed E-state index contributed by atoms with van der Waals surface area (Å²) in [5.74, 6) is 2.12. The SMILES string of the molecule is O=C(OCc1ccccc1)N1CCN([C@@H]2CN[C@H](C(=O)N3CCSC3)C2)CC1. The molecule has 2 atom stereocenters. The summed E-state index contributed by atoms with van der Waals surface area (Å²) in [6, 6.07) is 10.1. The van der Waals surface area contributed by atoms with Crippen molar-refractivity contribution in [3.05, 3.63) is 35.9 Å². The van der Waals surface area contributed by atoms with E-state index in [2.05, 4.69) is 10.2 Å². The van der Waals surface area contributed by atoms with Gasteiger partial charge in [-0.25, -0.2) is 4.79 Å². The van der Waals surface area contributed by atoms with Crippen molar-refractivity contribution in [2.24, 2.45) is 0 Å². The number of ether oxygens (including phenoxy) is 1. The van der Waals surface area contributed by atoms with E-state index in [0.717, 1.165) is 49.8 Å². The van der Waals surface area contributed by atoms with E-state index < -0.39 is 0 Å². The van der Waals surface area contributed by atoms with Crippen molar-refractivity contribution in [1.82, 2.24) is 20.0 Å². The molecule has 28 heavy (non-hydrogen) atoms. The number of hydrogen-bond acceptors (Lipinski definition) is 6. The minimum atomic E-state index is -0.243. The van der Waals surface area contributed by atoms with Crippen LogP contribution in [0, 0.1) is 0 Å². The fraction of sp³-hybridized carbons (Fsp3) is 0.600. The van der Waals surface area contributed by atoms with E-state index in [0.29, 0.717) is 25.7 Å². The Kier molecular flexibility index (Phi) is 6.39. The summed E-state index contributed by atoms with van der Waals surface area (Å²) in [6.45, 7) is 5.02. The summed E-state index contributed by atoms with van der Waals surface area (Å²) in [5, 5.41) is 3.41. The first kappa shape index (κ1) is 19.5. The van der Waals surface area contributed by atoms with Crippen LogP contribution in [0.3, 0.4) is 0 Å². The molecule has 0 aliphatic carbocycles. The molecule has 0 unspecified atom stereocenters. The highest BCUT2D eigenvalue weighted by Gasteiger charge is 2.37. The molecule has 3 fully saturated rings. The molecule has 3 saturated heterocycles. The van der Waals surface area contributed by atoms with E-state index >= 15 is 0 Å². The molecular formula is C20H28N4O3S. The third-order valence-electron chi connectivity index (χ3n) is 5.76. The standard InChI is InChI=1S/C20H28N4O3S/c25-19(24-10-11-28-15-24)18-12-17(13-21-18)22-6-8-23(9-7-22)20(26)27-14-16-4-2-1-3-5-16/h1-5,17-18,21H,6-15H2/t17-,18-/m0/s1. The molecular weight excluding hydrogens is 376 g/mol.